The highest BCUT2D eigenvalue weighted by Crippen LogP contribution is 2.25. The molecule has 3 aromatic rings. The van der Waals surface area contributed by atoms with Crippen molar-refractivity contribution in [3.8, 4) is 0 Å². The summed E-state index contributed by atoms with van der Waals surface area (Å²) in [6.07, 6.45) is 4.26. The van der Waals surface area contributed by atoms with Crippen LogP contribution in [-0.2, 0) is 5.41 Å². The normalized spacial score (nSPS) is 13.6. The quantitative estimate of drug-likeness (QED) is 0.669. The molecule has 8 heteroatoms. The van der Waals surface area contributed by atoms with Crippen molar-refractivity contribution in [2.45, 2.75) is 26.2 Å². The predicted molar refractivity (Wildman–Crippen MR) is 95.7 cm³/mol. The second kappa shape index (κ2) is 6.36. The fraction of sp³-hybridized carbons (Fsp3) is 0.235. The topological polar surface area (TPSA) is 105 Å². The first kappa shape index (κ1) is 17.2. The van der Waals surface area contributed by atoms with Crippen molar-refractivity contribution in [3.63, 3.8) is 0 Å². The van der Waals surface area contributed by atoms with E-state index in [0.717, 1.165) is 0 Å². The van der Waals surface area contributed by atoms with Gasteiger partial charge in [0.05, 0.1) is 0 Å². The van der Waals surface area contributed by atoms with Gasteiger partial charge in [-0.15, -0.1) is 0 Å². The van der Waals surface area contributed by atoms with E-state index in [2.05, 4.69) is 30.9 Å². The van der Waals surface area contributed by atoms with E-state index in [4.69, 9.17) is 8.83 Å². The monoisotopic (exact) mass is 405 g/mol. The zero-order valence-electron chi connectivity index (χ0n) is 13.8. The van der Waals surface area contributed by atoms with Crippen LogP contribution in [0.4, 0.5) is 0 Å². The molecule has 3 rings (SSSR count). The maximum atomic E-state index is 12.3. The number of nitrogens with one attached hydrogen (secondary N) is 2. The highest BCUT2D eigenvalue weighted by Gasteiger charge is 2.21. The van der Waals surface area contributed by atoms with E-state index < -0.39 is 11.1 Å². The maximum absolute atomic E-state index is 12.3. The molecule has 0 saturated carbocycles. The highest BCUT2D eigenvalue weighted by atomic mass is 79.9. The summed E-state index contributed by atoms with van der Waals surface area (Å²) in [4.78, 5) is 33.8. The van der Waals surface area contributed by atoms with Gasteiger partial charge in [-0.25, -0.2) is 4.98 Å². The smallest absolute Gasteiger partial charge is 0.272 e. The molecule has 0 aliphatic heterocycles. The van der Waals surface area contributed by atoms with Gasteiger partial charge in [-0.2, -0.15) is 0 Å². The standard InChI is InChI=1S/C17H16BrN3O4/c1-17(2,3)14-10(19-8-24-14)7-12-16(23)20-11(15(22)21-12)6-9-4-5-13(18)25-9/h4-8H,1-3H3,(H,20,23)(H,21,22)/b11-6-,12-7-. The van der Waals surface area contributed by atoms with E-state index in [1.165, 1.54) is 18.5 Å². The molecule has 0 bridgehead atoms. The molecule has 0 amide bonds. The molecule has 0 saturated heterocycles. The second-order valence-electron chi connectivity index (χ2n) is 6.48. The first-order valence-corrected chi connectivity index (χ1v) is 8.29. The molecule has 3 aromatic heterocycles. The SMILES string of the molecule is CC(C)(C)c1ocnc1/C=c1\[nH]c(=O)/c(=C/c2ccc(Br)o2)[nH]c1=O. The lowest BCUT2D eigenvalue weighted by Gasteiger charge is -2.14. The third-order valence-corrected chi connectivity index (χ3v) is 3.85. The third-order valence-electron chi connectivity index (χ3n) is 3.42. The van der Waals surface area contributed by atoms with E-state index in [-0.39, 0.29) is 16.1 Å². The highest BCUT2D eigenvalue weighted by molar-refractivity contribution is 9.10. The number of oxazole rings is 1. The van der Waals surface area contributed by atoms with Gasteiger partial charge in [-0.1, -0.05) is 20.8 Å². The van der Waals surface area contributed by atoms with Crippen LogP contribution in [0.15, 0.2) is 41.6 Å². The van der Waals surface area contributed by atoms with Gasteiger partial charge in [0.15, 0.2) is 11.1 Å². The van der Waals surface area contributed by atoms with Gasteiger partial charge in [0, 0.05) is 11.5 Å². The molecule has 3 heterocycles. The van der Waals surface area contributed by atoms with Crippen LogP contribution in [0.5, 0.6) is 0 Å². The number of H-pyrrole nitrogens is 2. The molecule has 7 nitrogen and oxygen atoms in total. The average molecular weight is 406 g/mol. The maximum Gasteiger partial charge on any atom is 0.272 e. The van der Waals surface area contributed by atoms with Gasteiger partial charge in [0.1, 0.15) is 27.9 Å². The molecule has 2 N–H and O–H groups in total. The fourth-order valence-electron chi connectivity index (χ4n) is 2.30. The van der Waals surface area contributed by atoms with Crippen LogP contribution in [0.3, 0.4) is 0 Å². The first-order valence-electron chi connectivity index (χ1n) is 7.49. The van der Waals surface area contributed by atoms with Crippen molar-refractivity contribution < 1.29 is 8.83 Å². The number of aromatic amines is 2. The fourth-order valence-corrected chi connectivity index (χ4v) is 2.62. The van der Waals surface area contributed by atoms with E-state index in [0.29, 0.717) is 21.9 Å². The minimum Gasteiger partial charge on any atom is -0.450 e. The lowest BCUT2D eigenvalue weighted by Crippen LogP contribution is -2.46. The average Bonchev–Trinajstić information content (AvgIpc) is 3.13. The molecule has 0 radical (unpaired) electrons. The van der Waals surface area contributed by atoms with Crippen LogP contribution in [0.1, 0.15) is 38.0 Å². The van der Waals surface area contributed by atoms with Crippen LogP contribution in [0.2, 0.25) is 0 Å². The van der Waals surface area contributed by atoms with E-state index in [1.807, 2.05) is 20.8 Å². The molecule has 130 valence electrons. The van der Waals surface area contributed by atoms with Crippen LogP contribution >= 0.6 is 15.9 Å². The molecular formula is C17H16BrN3O4. The van der Waals surface area contributed by atoms with Crippen LogP contribution in [0, 0.1) is 0 Å². The molecule has 0 aliphatic rings. The Kier molecular flexibility index (Phi) is 4.38. The van der Waals surface area contributed by atoms with Crippen LogP contribution in [-0.4, -0.2) is 15.0 Å². The molecule has 0 fully saturated rings. The second-order valence-corrected chi connectivity index (χ2v) is 7.26. The lowest BCUT2D eigenvalue weighted by molar-refractivity contribution is 0.407. The van der Waals surface area contributed by atoms with Crippen molar-refractivity contribution in [2.75, 3.05) is 0 Å². The Labute approximate surface area is 150 Å². The van der Waals surface area contributed by atoms with Crippen molar-refractivity contribution in [1.82, 2.24) is 15.0 Å². The van der Waals surface area contributed by atoms with Gasteiger partial charge in [0.2, 0.25) is 0 Å². The zero-order chi connectivity index (χ0) is 18.2. The number of nitrogens with zero attached hydrogens (tertiary/aromatic N) is 1. The third kappa shape index (κ3) is 3.74. The minimum absolute atomic E-state index is 0.0974. The Morgan fingerprint density at radius 2 is 1.72 bits per heavy atom. The summed E-state index contributed by atoms with van der Waals surface area (Å²) >= 11 is 3.18. The Balaban J connectivity index is 2.14. The van der Waals surface area contributed by atoms with Crippen LogP contribution in [0.25, 0.3) is 12.2 Å². The summed E-state index contributed by atoms with van der Waals surface area (Å²) < 4.78 is 11.2. The van der Waals surface area contributed by atoms with E-state index in [1.54, 1.807) is 12.1 Å². The molecule has 25 heavy (non-hydrogen) atoms. The van der Waals surface area contributed by atoms with Crippen molar-refractivity contribution in [3.05, 3.63) is 71.8 Å². The summed E-state index contributed by atoms with van der Waals surface area (Å²) in [5, 5.41) is 0.197. The summed E-state index contributed by atoms with van der Waals surface area (Å²) in [6.45, 7) is 5.91. The first-order chi connectivity index (χ1) is 11.7. The summed E-state index contributed by atoms with van der Waals surface area (Å²) in [5.74, 6) is 1.07. The van der Waals surface area contributed by atoms with Gasteiger partial charge in [-0.05, 0) is 34.1 Å². The number of aromatic nitrogens is 3. The molecular weight excluding hydrogens is 390 g/mol. The Morgan fingerprint density at radius 1 is 1.08 bits per heavy atom. The molecule has 0 unspecified atom stereocenters. The Bertz CT molecular complexity index is 1140. The van der Waals surface area contributed by atoms with Gasteiger partial charge in [0.25, 0.3) is 11.1 Å². The number of furan rings is 1. The minimum atomic E-state index is -0.445. The largest absolute Gasteiger partial charge is 0.450 e. The zero-order valence-corrected chi connectivity index (χ0v) is 15.4. The van der Waals surface area contributed by atoms with Gasteiger partial charge >= 0.3 is 0 Å². The molecule has 0 atom stereocenters. The van der Waals surface area contributed by atoms with Crippen LogP contribution < -0.4 is 21.8 Å². The van der Waals surface area contributed by atoms with Gasteiger partial charge in [-0.3, -0.25) is 9.59 Å². The number of halogens is 1. The lowest BCUT2D eigenvalue weighted by atomic mass is 9.92. The molecule has 0 spiro atoms. The van der Waals surface area contributed by atoms with Crippen molar-refractivity contribution >= 4 is 28.1 Å². The summed E-state index contributed by atoms with van der Waals surface area (Å²) in [7, 11) is 0. The summed E-state index contributed by atoms with van der Waals surface area (Å²) in [6, 6.07) is 3.37. The summed E-state index contributed by atoms with van der Waals surface area (Å²) in [5.41, 5.74) is -0.672. The van der Waals surface area contributed by atoms with E-state index >= 15 is 0 Å². The predicted octanol–water partition coefficient (Wildman–Crippen LogP) is 1.36. The Morgan fingerprint density at radius 3 is 2.28 bits per heavy atom. The van der Waals surface area contributed by atoms with E-state index in [9.17, 15) is 9.59 Å². The van der Waals surface area contributed by atoms with Crippen molar-refractivity contribution in [1.29, 1.82) is 0 Å². The molecule has 0 aromatic carbocycles. The van der Waals surface area contributed by atoms with Gasteiger partial charge < -0.3 is 18.8 Å². The molecule has 0 aliphatic carbocycles. The Hall–Kier alpha value is -2.61. The number of rotatable bonds is 2. The van der Waals surface area contributed by atoms with Crippen molar-refractivity contribution in [2.24, 2.45) is 0 Å². The number of hydrogen-bond donors (Lipinski definition) is 2. The number of hydrogen-bond acceptors (Lipinski definition) is 5.